The molecule has 0 aromatic carbocycles. The Kier molecular flexibility index (Phi) is 0.859. The van der Waals surface area contributed by atoms with E-state index >= 15 is 0 Å². The fourth-order valence-electron chi connectivity index (χ4n) is 0.777. The van der Waals surface area contributed by atoms with Gasteiger partial charge in [0, 0.05) is 12.4 Å². The molecule has 2 aliphatic heterocycles. The lowest BCUT2D eigenvalue weighted by molar-refractivity contribution is 1.53. The molecule has 0 saturated heterocycles. The lowest BCUT2D eigenvalue weighted by Gasteiger charge is -1.98. The number of hydrogen-bond acceptors (Lipinski definition) is 2. The van der Waals surface area contributed by atoms with E-state index in [1.807, 2.05) is 6.08 Å². The SMILES string of the molecule is [C]1C=CN=C2C=CN=C12. The second-order valence-corrected chi connectivity index (χ2v) is 1.77. The summed E-state index contributed by atoms with van der Waals surface area (Å²) >= 11 is 0. The Morgan fingerprint density at radius 3 is 3.11 bits per heavy atom. The number of nitrogens with zero attached hydrogens (tertiary/aromatic N) is 2. The predicted octanol–water partition coefficient (Wildman–Crippen LogP) is 1.00. The van der Waals surface area contributed by atoms with E-state index in [1.54, 1.807) is 18.5 Å². The summed E-state index contributed by atoms with van der Waals surface area (Å²) in [6.07, 6.45) is 10.0. The maximum atomic E-state index is 4.05. The largest absolute Gasteiger partial charge is 0.258 e. The average molecular weight is 116 g/mol. The highest BCUT2D eigenvalue weighted by atomic mass is 14.8. The maximum absolute atomic E-state index is 4.05. The molecule has 0 spiro atoms. The highest BCUT2D eigenvalue weighted by molar-refractivity contribution is 6.51. The summed E-state index contributed by atoms with van der Waals surface area (Å²) in [7, 11) is 0. The molecule has 42 valence electrons. The minimum atomic E-state index is 0.845. The van der Waals surface area contributed by atoms with Crippen molar-refractivity contribution >= 4 is 11.4 Å². The average Bonchev–Trinajstić information content (AvgIpc) is 2.33. The maximum Gasteiger partial charge on any atom is 0.0869 e. The van der Waals surface area contributed by atoms with Gasteiger partial charge < -0.3 is 0 Å². The van der Waals surface area contributed by atoms with E-state index in [2.05, 4.69) is 16.4 Å². The van der Waals surface area contributed by atoms with E-state index < -0.39 is 0 Å². The molecule has 2 heteroatoms. The molecular formula is C7H4N2. The molecule has 0 aromatic rings. The van der Waals surface area contributed by atoms with Crippen LogP contribution in [-0.2, 0) is 0 Å². The fourth-order valence-corrected chi connectivity index (χ4v) is 0.777. The zero-order valence-electron chi connectivity index (χ0n) is 4.70. The van der Waals surface area contributed by atoms with Crippen LogP contribution in [-0.4, -0.2) is 11.4 Å². The topological polar surface area (TPSA) is 24.7 Å². The van der Waals surface area contributed by atoms with Crippen LogP contribution in [0.1, 0.15) is 0 Å². The summed E-state index contributed by atoms with van der Waals surface area (Å²) in [5.74, 6) is 0. The normalized spacial score (nSPS) is 21.3. The van der Waals surface area contributed by atoms with Crippen LogP contribution in [0.25, 0.3) is 0 Å². The Morgan fingerprint density at radius 2 is 2.22 bits per heavy atom. The van der Waals surface area contributed by atoms with Gasteiger partial charge in [-0.25, -0.2) is 0 Å². The molecule has 0 saturated carbocycles. The van der Waals surface area contributed by atoms with Crippen LogP contribution in [0.3, 0.4) is 0 Å². The Bertz CT molecular complexity index is 244. The molecule has 2 rings (SSSR count). The first kappa shape index (κ1) is 4.68. The van der Waals surface area contributed by atoms with Crippen LogP contribution in [0.2, 0.25) is 0 Å². The molecule has 2 nitrogen and oxygen atoms in total. The third-order valence-electron chi connectivity index (χ3n) is 1.19. The molecule has 2 heterocycles. The highest BCUT2D eigenvalue weighted by Gasteiger charge is 2.10. The number of allylic oxidation sites excluding steroid dienone is 2. The van der Waals surface area contributed by atoms with Crippen molar-refractivity contribution in [3.63, 3.8) is 0 Å². The van der Waals surface area contributed by atoms with E-state index in [1.165, 1.54) is 0 Å². The van der Waals surface area contributed by atoms with Crippen molar-refractivity contribution in [3.05, 3.63) is 31.0 Å². The van der Waals surface area contributed by atoms with Gasteiger partial charge in [-0.15, -0.1) is 0 Å². The molecule has 0 aliphatic carbocycles. The monoisotopic (exact) mass is 116 g/mol. The van der Waals surface area contributed by atoms with Gasteiger partial charge in [-0.05, 0) is 6.08 Å². The van der Waals surface area contributed by atoms with Crippen molar-refractivity contribution in [1.29, 1.82) is 0 Å². The second kappa shape index (κ2) is 1.65. The van der Waals surface area contributed by atoms with Gasteiger partial charge in [-0.2, -0.15) is 0 Å². The number of hydrogen-bond donors (Lipinski definition) is 0. The first-order valence-electron chi connectivity index (χ1n) is 2.71. The van der Waals surface area contributed by atoms with Crippen molar-refractivity contribution in [2.75, 3.05) is 0 Å². The van der Waals surface area contributed by atoms with Gasteiger partial charge in [-0.1, -0.05) is 6.08 Å². The van der Waals surface area contributed by atoms with Crippen molar-refractivity contribution in [1.82, 2.24) is 0 Å². The Hall–Kier alpha value is -1.18. The quantitative estimate of drug-likeness (QED) is 0.451. The van der Waals surface area contributed by atoms with Crippen LogP contribution in [0, 0.1) is 6.42 Å². The molecule has 2 radical (unpaired) electrons. The van der Waals surface area contributed by atoms with Gasteiger partial charge >= 0.3 is 0 Å². The van der Waals surface area contributed by atoms with Crippen LogP contribution >= 0.6 is 0 Å². The Balaban J connectivity index is 2.46. The molecule has 0 unspecified atom stereocenters. The zero-order valence-corrected chi connectivity index (χ0v) is 4.70. The van der Waals surface area contributed by atoms with E-state index in [-0.39, 0.29) is 0 Å². The summed E-state index contributed by atoms with van der Waals surface area (Å²) in [4.78, 5) is 8.05. The van der Waals surface area contributed by atoms with E-state index in [0.29, 0.717) is 0 Å². The lowest BCUT2D eigenvalue weighted by Crippen LogP contribution is -2.09. The summed E-state index contributed by atoms with van der Waals surface area (Å²) in [6, 6.07) is 0. The van der Waals surface area contributed by atoms with Gasteiger partial charge in [0.05, 0.1) is 17.8 Å². The van der Waals surface area contributed by atoms with Crippen molar-refractivity contribution in [3.8, 4) is 0 Å². The zero-order chi connectivity index (χ0) is 6.10. The minimum absolute atomic E-state index is 0.845. The molecular weight excluding hydrogens is 112 g/mol. The van der Waals surface area contributed by atoms with Crippen molar-refractivity contribution in [2.45, 2.75) is 0 Å². The van der Waals surface area contributed by atoms with Crippen molar-refractivity contribution < 1.29 is 0 Å². The van der Waals surface area contributed by atoms with Crippen LogP contribution in [0.4, 0.5) is 0 Å². The fraction of sp³-hybridized carbons (Fsp3) is 0. The number of rotatable bonds is 0. The molecule has 0 bridgehead atoms. The number of fused-ring (bicyclic) bond motifs is 1. The van der Waals surface area contributed by atoms with Gasteiger partial charge in [0.25, 0.3) is 0 Å². The third kappa shape index (κ3) is 0.633. The van der Waals surface area contributed by atoms with Gasteiger partial charge in [0.2, 0.25) is 0 Å². The standard InChI is InChI=1S/C7H4N2/c1-2-6-7(8-4-1)3-5-9-6/h1,3-5H. The third-order valence-corrected chi connectivity index (χ3v) is 1.19. The van der Waals surface area contributed by atoms with E-state index in [4.69, 9.17) is 0 Å². The van der Waals surface area contributed by atoms with E-state index in [9.17, 15) is 0 Å². The molecule has 0 amide bonds. The Labute approximate surface area is 53.3 Å². The Morgan fingerprint density at radius 1 is 1.22 bits per heavy atom. The smallest absolute Gasteiger partial charge is 0.0869 e. The molecule has 0 atom stereocenters. The molecule has 2 aliphatic rings. The molecule has 0 aromatic heterocycles. The summed E-state index contributed by atoms with van der Waals surface area (Å²) in [6.45, 7) is 0. The minimum Gasteiger partial charge on any atom is -0.258 e. The molecule has 0 N–H and O–H groups in total. The van der Waals surface area contributed by atoms with Gasteiger partial charge in [0.15, 0.2) is 0 Å². The van der Waals surface area contributed by atoms with Crippen LogP contribution in [0.5, 0.6) is 0 Å². The molecule has 9 heavy (non-hydrogen) atoms. The first-order valence-corrected chi connectivity index (χ1v) is 2.71. The number of aliphatic imine (C=N–C) groups is 2. The van der Waals surface area contributed by atoms with Crippen LogP contribution in [0.15, 0.2) is 34.5 Å². The van der Waals surface area contributed by atoms with Crippen molar-refractivity contribution in [2.24, 2.45) is 9.98 Å². The lowest BCUT2D eigenvalue weighted by atomic mass is 10.1. The van der Waals surface area contributed by atoms with Gasteiger partial charge in [-0.3, -0.25) is 9.98 Å². The summed E-state index contributed by atoms with van der Waals surface area (Å²) in [5.41, 5.74) is 1.76. The van der Waals surface area contributed by atoms with Gasteiger partial charge in [0.1, 0.15) is 0 Å². The van der Waals surface area contributed by atoms with Crippen LogP contribution < -0.4 is 0 Å². The highest BCUT2D eigenvalue weighted by Crippen LogP contribution is 2.06. The predicted molar refractivity (Wildman–Crippen MR) is 36.4 cm³/mol. The summed E-state index contributed by atoms with van der Waals surface area (Å²) < 4.78 is 0. The summed E-state index contributed by atoms with van der Waals surface area (Å²) in [5, 5.41) is 0. The second-order valence-electron chi connectivity index (χ2n) is 1.77. The molecule has 0 fully saturated rings. The first-order chi connectivity index (χ1) is 4.47. The van der Waals surface area contributed by atoms with E-state index in [0.717, 1.165) is 11.4 Å².